The van der Waals surface area contributed by atoms with Gasteiger partial charge in [-0.25, -0.2) is 4.98 Å². The van der Waals surface area contributed by atoms with Gasteiger partial charge in [-0.05, 0) is 31.2 Å². The van der Waals surface area contributed by atoms with Crippen LogP contribution < -0.4 is 10.1 Å². The van der Waals surface area contributed by atoms with Crippen LogP contribution in [0.25, 0.3) is 11.5 Å². The minimum atomic E-state index is -0.249. The first kappa shape index (κ1) is 14.3. The van der Waals surface area contributed by atoms with Crippen LogP contribution in [-0.2, 0) is 4.79 Å². The smallest absolute Gasteiger partial charge is 0.264 e. The van der Waals surface area contributed by atoms with Gasteiger partial charge in [0.05, 0.1) is 6.26 Å². The number of thiazole rings is 1. The molecule has 0 saturated carbocycles. The Morgan fingerprint density at radius 3 is 2.86 bits per heavy atom. The molecule has 3 rings (SSSR count). The van der Waals surface area contributed by atoms with Crippen molar-refractivity contribution >= 4 is 22.4 Å². The molecule has 2 aromatic heterocycles. The number of ether oxygens (including phenoxy) is 1. The average Bonchev–Trinajstić information content (AvgIpc) is 3.17. The molecule has 5 nitrogen and oxygen atoms in total. The molecule has 0 aliphatic heterocycles. The molecule has 1 N–H and O–H groups in total. The maximum absolute atomic E-state index is 11.9. The number of anilines is 1. The zero-order valence-electron chi connectivity index (χ0n) is 11.9. The minimum Gasteiger partial charge on any atom is -0.484 e. The van der Waals surface area contributed by atoms with Gasteiger partial charge in [0.15, 0.2) is 17.5 Å². The molecule has 0 aliphatic carbocycles. The first-order valence-electron chi connectivity index (χ1n) is 6.69. The topological polar surface area (TPSA) is 64.4 Å². The third kappa shape index (κ3) is 3.53. The number of furan rings is 1. The second-order valence-electron chi connectivity index (χ2n) is 4.67. The molecule has 0 unspecified atom stereocenters. The lowest BCUT2D eigenvalue weighted by molar-refractivity contribution is -0.118. The van der Waals surface area contributed by atoms with Crippen molar-refractivity contribution in [3.05, 3.63) is 53.6 Å². The zero-order valence-corrected chi connectivity index (χ0v) is 12.7. The molecule has 22 heavy (non-hydrogen) atoms. The standard InChI is InChI=1S/C16H14N2O3S/c1-11-4-6-12(7-5-11)21-9-15(19)18-16-17-13(10-22-16)14-3-2-8-20-14/h2-8,10H,9H2,1H3,(H,17,18,19). The summed E-state index contributed by atoms with van der Waals surface area (Å²) >= 11 is 1.34. The number of aromatic nitrogens is 1. The van der Waals surface area contributed by atoms with Crippen LogP contribution >= 0.6 is 11.3 Å². The molecular formula is C16H14N2O3S. The Morgan fingerprint density at radius 2 is 2.14 bits per heavy atom. The Morgan fingerprint density at radius 1 is 1.32 bits per heavy atom. The number of benzene rings is 1. The summed E-state index contributed by atoms with van der Waals surface area (Å²) in [6.07, 6.45) is 1.59. The normalized spacial score (nSPS) is 10.4. The summed E-state index contributed by atoms with van der Waals surface area (Å²) in [7, 11) is 0. The van der Waals surface area contributed by atoms with E-state index in [0.29, 0.717) is 22.3 Å². The number of hydrogen-bond acceptors (Lipinski definition) is 5. The summed E-state index contributed by atoms with van der Waals surface area (Å²) < 4.78 is 10.7. The van der Waals surface area contributed by atoms with Crippen LogP contribution in [0.5, 0.6) is 5.75 Å². The molecule has 0 atom stereocenters. The number of carbonyl (C=O) groups excluding carboxylic acids is 1. The Labute approximate surface area is 131 Å². The second kappa shape index (κ2) is 6.44. The van der Waals surface area contributed by atoms with Crippen LogP contribution in [0.1, 0.15) is 5.56 Å². The van der Waals surface area contributed by atoms with E-state index in [4.69, 9.17) is 9.15 Å². The minimum absolute atomic E-state index is 0.0568. The molecular weight excluding hydrogens is 300 g/mol. The molecule has 3 aromatic rings. The number of carbonyl (C=O) groups is 1. The quantitative estimate of drug-likeness (QED) is 0.779. The molecule has 0 saturated heterocycles. The van der Waals surface area contributed by atoms with E-state index in [1.807, 2.05) is 42.6 Å². The Kier molecular flexibility index (Phi) is 4.20. The van der Waals surface area contributed by atoms with Crippen molar-refractivity contribution < 1.29 is 13.9 Å². The molecule has 1 amide bonds. The van der Waals surface area contributed by atoms with E-state index in [1.165, 1.54) is 11.3 Å². The van der Waals surface area contributed by atoms with Gasteiger partial charge in [-0.1, -0.05) is 17.7 Å². The number of hydrogen-bond donors (Lipinski definition) is 1. The van der Waals surface area contributed by atoms with Crippen molar-refractivity contribution in [1.29, 1.82) is 0 Å². The maximum Gasteiger partial charge on any atom is 0.264 e. The molecule has 0 bridgehead atoms. The third-order valence-corrected chi connectivity index (χ3v) is 3.67. The Bertz CT molecular complexity index is 748. The van der Waals surface area contributed by atoms with Gasteiger partial charge in [0, 0.05) is 5.38 Å². The van der Waals surface area contributed by atoms with Crippen LogP contribution in [0.2, 0.25) is 0 Å². The van der Waals surface area contributed by atoms with Crippen molar-refractivity contribution in [1.82, 2.24) is 4.98 Å². The molecule has 6 heteroatoms. The van der Waals surface area contributed by atoms with E-state index < -0.39 is 0 Å². The fourth-order valence-electron chi connectivity index (χ4n) is 1.81. The average molecular weight is 314 g/mol. The Hall–Kier alpha value is -2.60. The highest BCUT2D eigenvalue weighted by Gasteiger charge is 2.10. The lowest BCUT2D eigenvalue weighted by Crippen LogP contribution is -2.20. The zero-order chi connectivity index (χ0) is 15.4. The molecule has 0 fully saturated rings. The van der Waals surface area contributed by atoms with Crippen LogP contribution in [0.3, 0.4) is 0 Å². The molecule has 0 spiro atoms. The van der Waals surface area contributed by atoms with Gasteiger partial charge in [-0.3, -0.25) is 10.1 Å². The Balaban J connectivity index is 1.54. The second-order valence-corrected chi connectivity index (χ2v) is 5.52. The van der Waals surface area contributed by atoms with Crippen molar-refractivity contribution in [2.75, 3.05) is 11.9 Å². The molecule has 112 valence electrons. The maximum atomic E-state index is 11.9. The number of aryl methyl sites for hydroxylation is 1. The van der Waals surface area contributed by atoms with E-state index in [0.717, 1.165) is 5.56 Å². The predicted octanol–water partition coefficient (Wildman–Crippen LogP) is 3.73. The predicted molar refractivity (Wildman–Crippen MR) is 85.1 cm³/mol. The number of rotatable bonds is 5. The molecule has 0 aliphatic rings. The van der Waals surface area contributed by atoms with E-state index >= 15 is 0 Å². The first-order chi connectivity index (χ1) is 10.7. The first-order valence-corrected chi connectivity index (χ1v) is 7.57. The SMILES string of the molecule is Cc1ccc(OCC(=O)Nc2nc(-c3ccco3)cs2)cc1. The van der Waals surface area contributed by atoms with Gasteiger partial charge in [-0.15, -0.1) is 11.3 Å². The number of amides is 1. The molecule has 0 radical (unpaired) electrons. The van der Waals surface area contributed by atoms with Gasteiger partial charge in [-0.2, -0.15) is 0 Å². The van der Waals surface area contributed by atoms with Gasteiger partial charge < -0.3 is 9.15 Å². The summed E-state index contributed by atoms with van der Waals surface area (Å²) in [5.74, 6) is 1.09. The van der Waals surface area contributed by atoms with Gasteiger partial charge in [0.1, 0.15) is 11.4 Å². The summed E-state index contributed by atoms with van der Waals surface area (Å²) in [6.45, 7) is 1.94. The monoisotopic (exact) mass is 314 g/mol. The highest BCUT2D eigenvalue weighted by atomic mass is 32.1. The fourth-order valence-corrected chi connectivity index (χ4v) is 2.52. The van der Waals surface area contributed by atoms with Crippen molar-refractivity contribution in [2.24, 2.45) is 0 Å². The van der Waals surface area contributed by atoms with Crippen LogP contribution in [-0.4, -0.2) is 17.5 Å². The van der Waals surface area contributed by atoms with E-state index in [9.17, 15) is 4.79 Å². The number of nitrogens with zero attached hydrogens (tertiary/aromatic N) is 1. The van der Waals surface area contributed by atoms with Gasteiger partial charge in [0.25, 0.3) is 5.91 Å². The summed E-state index contributed by atoms with van der Waals surface area (Å²) in [4.78, 5) is 16.2. The highest BCUT2D eigenvalue weighted by molar-refractivity contribution is 7.14. The van der Waals surface area contributed by atoms with E-state index in [2.05, 4.69) is 10.3 Å². The molecule has 1 aromatic carbocycles. The third-order valence-electron chi connectivity index (χ3n) is 2.92. The number of nitrogens with one attached hydrogen (secondary N) is 1. The van der Waals surface area contributed by atoms with Crippen molar-refractivity contribution in [3.63, 3.8) is 0 Å². The summed E-state index contributed by atoms with van der Waals surface area (Å²) in [5, 5.41) is 5.05. The highest BCUT2D eigenvalue weighted by Crippen LogP contribution is 2.25. The summed E-state index contributed by atoms with van der Waals surface area (Å²) in [6, 6.07) is 11.2. The van der Waals surface area contributed by atoms with E-state index in [1.54, 1.807) is 12.3 Å². The van der Waals surface area contributed by atoms with Crippen LogP contribution in [0.4, 0.5) is 5.13 Å². The lowest BCUT2D eigenvalue weighted by atomic mass is 10.2. The lowest BCUT2D eigenvalue weighted by Gasteiger charge is -2.05. The van der Waals surface area contributed by atoms with E-state index in [-0.39, 0.29) is 12.5 Å². The van der Waals surface area contributed by atoms with Crippen LogP contribution in [0.15, 0.2) is 52.5 Å². The molecule has 2 heterocycles. The van der Waals surface area contributed by atoms with Gasteiger partial charge in [0.2, 0.25) is 0 Å². The van der Waals surface area contributed by atoms with Gasteiger partial charge >= 0.3 is 0 Å². The van der Waals surface area contributed by atoms with Crippen LogP contribution in [0, 0.1) is 6.92 Å². The largest absolute Gasteiger partial charge is 0.484 e. The van der Waals surface area contributed by atoms with Crippen molar-refractivity contribution in [2.45, 2.75) is 6.92 Å². The van der Waals surface area contributed by atoms with Crippen molar-refractivity contribution in [3.8, 4) is 17.2 Å². The fraction of sp³-hybridized carbons (Fsp3) is 0.125. The summed E-state index contributed by atoms with van der Waals surface area (Å²) in [5.41, 5.74) is 1.84.